The van der Waals surface area contributed by atoms with Crippen molar-refractivity contribution in [3.05, 3.63) is 26.8 Å². The van der Waals surface area contributed by atoms with Gasteiger partial charge in [0.15, 0.2) is 0 Å². The maximum atomic E-state index is 13.2. The first-order valence-corrected chi connectivity index (χ1v) is 4.77. The Balaban J connectivity index is 3.40. The zero-order chi connectivity index (χ0) is 11.6. The molecule has 82 valence electrons. The fraction of sp³-hybridized carbons (Fsp3) is 0.250. The van der Waals surface area contributed by atoms with Crippen LogP contribution in [0.5, 0.6) is 0 Å². The molecule has 0 saturated carbocycles. The molecule has 0 saturated heterocycles. The van der Waals surface area contributed by atoms with Crippen LogP contribution in [0.2, 0.25) is 0 Å². The molecule has 15 heavy (non-hydrogen) atoms. The van der Waals surface area contributed by atoms with Crippen LogP contribution in [-0.4, -0.2) is 18.1 Å². The summed E-state index contributed by atoms with van der Waals surface area (Å²) in [5, 5.41) is 0. The molecule has 0 aliphatic rings. The van der Waals surface area contributed by atoms with E-state index in [-0.39, 0.29) is 3.70 Å². The highest BCUT2D eigenvalue weighted by Crippen LogP contribution is 2.24. The highest BCUT2D eigenvalue weighted by Gasteiger charge is 2.25. The van der Waals surface area contributed by atoms with E-state index in [1.807, 2.05) is 0 Å². The van der Waals surface area contributed by atoms with Gasteiger partial charge in [0.2, 0.25) is 0 Å². The first-order chi connectivity index (χ1) is 6.97. The van der Waals surface area contributed by atoms with Gasteiger partial charge in [-0.15, -0.1) is 0 Å². The second-order valence-corrected chi connectivity index (χ2v) is 3.58. The number of halogens is 4. The maximum Gasteiger partial charge on any atom is 0.342 e. The molecule has 7 heteroatoms. The fourth-order valence-electron chi connectivity index (χ4n) is 0.964. The van der Waals surface area contributed by atoms with E-state index in [2.05, 4.69) is 9.72 Å². The van der Waals surface area contributed by atoms with Crippen LogP contribution in [0.15, 0.2) is 6.07 Å². The summed E-state index contributed by atoms with van der Waals surface area (Å²) in [5.74, 6) is -2.22. The predicted molar refractivity (Wildman–Crippen MR) is 53.2 cm³/mol. The predicted octanol–water partition coefficient (Wildman–Crippen LogP) is 2.55. The molecule has 1 heterocycles. The van der Waals surface area contributed by atoms with E-state index in [0.717, 1.165) is 13.2 Å². The Morgan fingerprint density at radius 1 is 1.60 bits per heavy atom. The highest BCUT2D eigenvalue weighted by molar-refractivity contribution is 14.1. The van der Waals surface area contributed by atoms with Gasteiger partial charge in [0.05, 0.1) is 7.11 Å². The molecule has 0 spiro atoms. The minimum Gasteiger partial charge on any atom is -0.465 e. The van der Waals surface area contributed by atoms with Crippen molar-refractivity contribution in [2.75, 3.05) is 7.11 Å². The van der Waals surface area contributed by atoms with Crippen LogP contribution in [0, 0.1) is 9.52 Å². The lowest BCUT2D eigenvalue weighted by Gasteiger charge is -2.07. The van der Waals surface area contributed by atoms with Crippen molar-refractivity contribution in [3.8, 4) is 0 Å². The lowest BCUT2D eigenvalue weighted by atomic mass is 10.2. The number of alkyl halides is 2. The summed E-state index contributed by atoms with van der Waals surface area (Å²) < 4.78 is 42.4. The van der Waals surface area contributed by atoms with Gasteiger partial charge < -0.3 is 4.74 Å². The summed E-state index contributed by atoms with van der Waals surface area (Å²) >= 11 is 1.58. The molecule has 0 aromatic carbocycles. The van der Waals surface area contributed by atoms with E-state index in [1.165, 1.54) is 0 Å². The molecular weight excluding hydrogens is 326 g/mol. The minimum atomic E-state index is -3.02. The van der Waals surface area contributed by atoms with Crippen molar-refractivity contribution in [2.45, 2.75) is 6.43 Å². The molecule has 0 amide bonds. The Hall–Kier alpha value is -0.860. The van der Waals surface area contributed by atoms with E-state index in [1.54, 1.807) is 22.6 Å². The summed E-state index contributed by atoms with van der Waals surface area (Å²) in [4.78, 5) is 14.4. The van der Waals surface area contributed by atoms with Gasteiger partial charge in [-0.25, -0.2) is 22.9 Å². The number of hydrogen-bond donors (Lipinski definition) is 0. The lowest BCUT2D eigenvalue weighted by molar-refractivity contribution is 0.0580. The largest absolute Gasteiger partial charge is 0.465 e. The van der Waals surface area contributed by atoms with Crippen molar-refractivity contribution in [1.29, 1.82) is 0 Å². The number of methoxy groups -OCH3 is 1. The third-order valence-electron chi connectivity index (χ3n) is 1.56. The van der Waals surface area contributed by atoms with Crippen LogP contribution in [0.1, 0.15) is 22.5 Å². The number of ether oxygens (including phenoxy) is 1. The Morgan fingerprint density at radius 3 is 2.67 bits per heavy atom. The summed E-state index contributed by atoms with van der Waals surface area (Å²) in [7, 11) is 0.981. The third-order valence-corrected chi connectivity index (χ3v) is 2.12. The molecule has 0 aliphatic carbocycles. The maximum absolute atomic E-state index is 13.2. The lowest BCUT2D eigenvalue weighted by Crippen LogP contribution is -2.12. The van der Waals surface area contributed by atoms with E-state index >= 15 is 0 Å². The number of aromatic nitrogens is 1. The molecule has 0 N–H and O–H groups in total. The van der Waals surface area contributed by atoms with E-state index in [0.29, 0.717) is 0 Å². The quantitative estimate of drug-likeness (QED) is 0.475. The molecule has 1 aromatic rings. The van der Waals surface area contributed by atoms with Crippen LogP contribution < -0.4 is 0 Å². The molecule has 1 rings (SSSR count). The van der Waals surface area contributed by atoms with E-state index < -0.39 is 29.5 Å². The number of hydrogen-bond acceptors (Lipinski definition) is 3. The van der Waals surface area contributed by atoms with E-state index in [4.69, 9.17) is 0 Å². The van der Waals surface area contributed by atoms with Gasteiger partial charge in [0, 0.05) is 6.07 Å². The smallest absolute Gasteiger partial charge is 0.342 e. The molecule has 0 atom stereocenters. The number of esters is 1. The first kappa shape index (κ1) is 12.2. The van der Waals surface area contributed by atoms with Gasteiger partial charge in [-0.1, -0.05) is 0 Å². The molecule has 0 bridgehead atoms. The van der Waals surface area contributed by atoms with Crippen molar-refractivity contribution >= 4 is 28.6 Å². The number of rotatable bonds is 2. The van der Waals surface area contributed by atoms with Crippen molar-refractivity contribution in [1.82, 2.24) is 4.98 Å². The number of carbonyl (C=O) groups is 1. The van der Waals surface area contributed by atoms with Crippen molar-refractivity contribution < 1.29 is 22.7 Å². The summed E-state index contributed by atoms with van der Waals surface area (Å²) in [6, 6.07) is 0.888. The summed E-state index contributed by atoms with van der Waals surface area (Å²) in [5.41, 5.74) is -1.71. The van der Waals surface area contributed by atoms with Gasteiger partial charge in [-0.2, -0.15) is 0 Å². The van der Waals surface area contributed by atoms with Crippen molar-refractivity contribution in [3.63, 3.8) is 0 Å². The second kappa shape index (κ2) is 4.77. The fourth-order valence-corrected chi connectivity index (χ4v) is 1.50. The Morgan fingerprint density at radius 2 is 2.20 bits per heavy atom. The standard InChI is InChI=1S/C8H5F3INO2/c1-15-8(14)5-3(9)2-4(12)13-6(5)7(10)11/h2,7H,1H3. The number of pyridine rings is 1. The molecule has 0 unspecified atom stereocenters. The summed E-state index contributed by atoms with van der Waals surface area (Å²) in [6.45, 7) is 0. The molecule has 3 nitrogen and oxygen atoms in total. The molecule has 0 radical (unpaired) electrons. The normalized spacial score (nSPS) is 10.5. The number of nitrogens with zero attached hydrogens (tertiary/aromatic N) is 1. The molecular formula is C8H5F3INO2. The van der Waals surface area contributed by atoms with E-state index in [9.17, 15) is 18.0 Å². The molecule has 1 aromatic heterocycles. The molecule has 0 fully saturated rings. The van der Waals surface area contributed by atoms with Gasteiger partial charge >= 0.3 is 5.97 Å². The van der Waals surface area contributed by atoms with Crippen LogP contribution in [0.25, 0.3) is 0 Å². The second-order valence-electron chi connectivity index (χ2n) is 2.48. The Bertz CT molecular complexity index is 398. The van der Waals surface area contributed by atoms with Gasteiger partial charge in [0.1, 0.15) is 20.8 Å². The average Bonchev–Trinajstić information content (AvgIpc) is 2.15. The Labute approximate surface area is 96.8 Å². The van der Waals surface area contributed by atoms with Gasteiger partial charge in [-0.3, -0.25) is 0 Å². The van der Waals surface area contributed by atoms with Crippen LogP contribution in [-0.2, 0) is 4.74 Å². The van der Waals surface area contributed by atoms with Crippen molar-refractivity contribution in [2.24, 2.45) is 0 Å². The monoisotopic (exact) mass is 331 g/mol. The number of carbonyl (C=O) groups excluding carboxylic acids is 1. The van der Waals surface area contributed by atoms with Gasteiger partial charge in [0.25, 0.3) is 6.43 Å². The SMILES string of the molecule is COC(=O)c1c(F)cc(I)nc1C(F)F. The zero-order valence-corrected chi connectivity index (χ0v) is 9.59. The highest BCUT2D eigenvalue weighted by atomic mass is 127. The van der Waals surface area contributed by atoms with Crippen LogP contribution >= 0.6 is 22.6 Å². The zero-order valence-electron chi connectivity index (χ0n) is 7.43. The first-order valence-electron chi connectivity index (χ1n) is 3.69. The topological polar surface area (TPSA) is 39.2 Å². The minimum absolute atomic E-state index is 0.0491. The Kier molecular flexibility index (Phi) is 3.89. The van der Waals surface area contributed by atoms with Gasteiger partial charge in [-0.05, 0) is 22.6 Å². The third kappa shape index (κ3) is 2.58. The molecule has 0 aliphatic heterocycles. The van der Waals surface area contributed by atoms with Crippen LogP contribution in [0.3, 0.4) is 0 Å². The van der Waals surface area contributed by atoms with Crippen LogP contribution in [0.4, 0.5) is 13.2 Å². The summed E-state index contributed by atoms with van der Waals surface area (Å²) in [6.07, 6.45) is -3.02. The average molecular weight is 331 g/mol.